The van der Waals surface area contributed by atoms with Crippen molar-refractivity contribution in [3.05, 3.63) is 52.1 Å². The quantitative estimate of drug-likeness (QED) is 0.502. The van der Waals surface area contributed by atoms with Gasteiger partial charge in [-0.2, -0.15) is 0 Å². The van der Waals surface area contributed by atoms with Crippen LogP contribution < -0.4 is 5.32 Å². The second-order valence-corrected chi connectivity index (χ2v) is 7.81. The maximum atomic E-state index is 13.3. The Morgan fingerprint density at radius 1 is 1.31 bits per heavy atom. The maximum absolute atomic E-state index is 13.3. The molecule has 1 aromatic heterocycles. The highest BCUT2D eigenvalue weighted by molar-refractivity contribution is 5.98. The molecular weight excluding hydrogens is 324 g/mol. The molecule has 2 aliphatic rings. The highest BCUT2D eigenvalue weighted by Gasteiger charge is 2.38. The van der Waals surface area contributed by atoms with Crippen LogP contribution in [0, 0.1) is 0 Å². The molecule has 0 spiro atoms. The van der Waals surface area contributed by atoms with Crippen molar-refractivity contribution in [3.63, 3.8) is 0 Å². The Balaban J connectivity index is 1.87. The summed E-state index contributed by atoms with van der Waals surface area (Å²) in [6.07, 6.45) is 6.78. The first-order valence-corrected chi connectivity index (χ1v) is 9.19. The van der Waals surface area contributed by atoms with E-state index in [0.29, 0.717) is 13.1 Å². The number of carbonyl (C=O) groups excluding carboxylic acids is 1. The fraction of sp³-hybridized carbons (Fsp3) is 0.476. The van der Waals surface area contributed by atoms with Crippen molar-refractivity contribution in [1.82, 2.24) is 15.2 Å². The molecule has 1 aromatic rings. The standard InChI is InChI=1S/C21H28N4O/c1-14(2)18(15(3)19(22-5)24-21(4)8-9-21)20(26)25-11-7-16-12-23-10-6-17(16)13-25/h6,10,12,24H,5,7-9,11,13H2,1-4H3/b19-15-. The van der Waals surface area contributed by atoms with Gasteiger partial charge in [-0.25, -0.2) is 4.99 Å². The number of aliphatic imine (C=N–C) groups is 1. The lowest BCUT2D eigenvalue weighted by molar-refractivity contribution is -0.127. The molecule has 0 atom stereocenters. The highest BCUT2D eigenvalue weighted by Crippen LogP contribution is 2.36. The van der Waals surface area contributed by atoms with Crippen molar-refractivity contribution in [2.75, 3.05) is 6.54 Å². The number of fused-ring (bicyclic) bond motifs is 1. The second kappa shape index (κ2) is 7.06. The van der Waals surface area contributed by atoms with E-state index in [-0.39, 0.29) is 11.4 Å². The molecule has 1 N–H and O–H groups in total. The van der Waals surface area contributed by atoms with Gasteiger partial charge in [0.2, 0.25) is 0 Å². The summed E-state index contributed by atoms with van der Waals surface area (Å²) in [5, 5.41) is 3.46. The number of aromatic nitrogens is 1. The van der Waals surface area contributed by atoms with Crippen LogP contribution in [0.5, 0.6) is 0 Å². The average Bonchev–Trinajstić information content (AvgIpc) is 3.36. The third-order valence-electron chi connectivity index (χ3n) is 5.33. The molecule has 1 fully saturated rings. The molecular formula is C21H28N4O. The van der Waals surface area contributed by atoms with Crippen molar-refractivity contribution in [3.8, 4) is 0 Å². The first-order chi connectivity index (χ1) is 12.3. The lowest BCUT2D eigenvalue weighted by Gasteiger charge is -2.30. The Morgan fingerprint density at radius 3 is 2.65 bits per heavy atom. The van der Waals surface area contributed by atoms with Gasteiger partial charge in [0.1, 0.15) is 5.82 Å². The fourth-order valence-electron chi connectivity index (χ4n) is 3.42. The summed E-state index contributed by atoms with van der Waals surface area (Å²) in [7, 11) is 0. The number of nitrogens with one attached hydrogen (secondary N) is 1. The van der Waals surface area contributed by atoms with E-state index in [2.05, 4.69) is 28.9 Å². The van der Waals surface area contributed by atoms with Gasteiger partial charge >= 0.3 is 0 Å². The molecule has 3 rings (SSSR count). The van der Waals surface area contributed by atoms with Gasteiger partial charge in [-0.15, -0.1) is 0 Å². The number of pyridine rings is 1. The highest BCUT2D eigenvalue weighted by atomic mass is 16.2. The molecule has 0 aromatic carbocycles. The molecule has 138 valence electrons. The molecule has 5 nitrogen and oxygen atoms in total. The van der Waals surface area contributed by atoms with Crippen LogP contribution in [0.15, 0.2) is 46.0 Å². The maximum Gasteiger partial charge on any atom is 0.254 e. The normalized spacial score (nSPS) is 18.4. The van der Waals surface area contributed by atoms with Gasteiger partial charge in [0, 0.05) is 42.2 Å². The molecule has 1 amide bonds. The van der Waals surface area contributed by atoms with E-state index in [9.17, 15) is 4.79 Å². The monoisotopic (exact) mass is 352 g/mol. The minimum Gasteiger partial charge on any atom is -0.365 e. The van der Waals surface area contributed by atoms with Gasteiger partial charge in [-0.1, -0.05) is 5.57 Å². The van der Waals surface area contributed by atoms with E-state index in [0.717, 1.165) is 41.8 Å². The smallest absolute Gasteiger partial charge is 0.254 e. The number of nitrogens with zero attached hydrogens (tertiary/aromatic N) is 3. The van der Waals surface area contributed by atoms with E-state index < -0.39 is 0 Å². The zero-order chi connectivity index (χ0) is 18.9. The van der Waals surface area contributed by atoms with Crippen molar-refractivity contribution >= 4 is 12.6 Å². The Morgan fingerprint density at radius 2 is 2.04 bits per heavy atom. The molecule has 0 unspecified atom stereocenters. The minimum absolute atomic E-state index is 0.0638. The molecule has 1 aliphatic heterocycles. The number of hydrogen-bond donors (Lipinski definition) is 1. The molecule has 5 heteroatoms. The number of rotatable bonds is 5. The predicted molar refractivity (Wildman–Crippen MR) is 105 cm³/mol. The number of amides is 1. The van der Waals surface area contributed by atoms with Gasteiger partial charge in [0.25, 0.3) is 5.91 Å². The number of allylic oxidation sites excluding steroid dienone is 1. The summed E-state index contributed by atoms with van der Waals surface area (Å²) in [5.74, 6) is 0.782. The largest absolute Gasteiger partial charge is 0.365 e. The van der Waals surface area contributed by atoms with E-state index in [1.165, 1.54) is 11.1 Å². The van der Waals surface area contributed by atoms with Crippen LogP contribution >= 0.6 is 0 Å². The molecule has 2 heterocycles. The Labute approximate surface area is 155 Å². The van der Waals surface area contributed by atoms with Crippen LogP contribution in [0.2, 0.25) is 0 Å². The third-order valence-corrected chi connectivity index (χ3v) is 5.33. The molecule has 26 heavy (non-hydrogen) atoms. The molecule has 1 aliphatic carbocycles. The van der Waals surface area contributed by atoms with Gasteiger partial charge in [-0.3, -0.25) is 9.78 Å². The van der Waals surface area contributed by atoms with E-state index >= 15 is 0 Å². The van der Waals surface area contributed by atoms with Gasteiger partial charge in [-0.05, 0) is 70.9 Å². The molecule has 0 radical (unpaired) electrons. The van der Waals surface area contributed by atoms with Crippen molar-refractivity contribution in [1.29, 1.82) is 0 Å². The van der Waals surface area contributed by atoms with Crippen LogP contribution in [-0.4, -0.2) is 34.6 Å². The van der Waals surface area contributed by atoms with E-state index in [1.807, 2.05) is 37.9 Å². The van der Waals surface area contributed by atoms with Crippen molar-refractivity contribution in [2.45, 2.75) is 59.0 Å². The van der Waals surface area contributed by atoms with Gasteiger partial charge < -0.3 is 10.2 Å². The summed E-state index contributed by atoms with van der Waals surface area (Å²) < 4.78 is 0. The lowest BCUT2D eigenvalue weighted by atomic mass is 9.97. The topological polar surface area (TPSA) is 57.6 Å². The van der Waals surface area contributed by atoms with Crippen molar-refractivity contribution < 1.29 is 4.79 Å². The Kier molecular flexibility index (Phi) is 4.99. The number of hydrogen-bond acceptors (Lipinski definition) is 4. The summed E-state index contributed by atoms with van der Waals surface area (Å²) in [6.45, 7) is 13.2. The average molecular weight is 352 g/mol. The predicted octanol–water partition coefficient (Wildman–Crippen LogP) is 3.38. The Hall–Kier alpha value is -2.43. The zero-order valence-electron chi connectivity index (χ0n) is 16.2. The van der Waals surface area contributed by atoms with Gasteiger partial charge in [0.15, 0.2) is 0 Å². The summed E-state index contributed by atoms with van der Waals surface area (Å²) in [4.78, 5) is 23.6. The van der Waals surface area contributed by atoms with Crippen LogP contribution in [0.1, 0.15) is 51.7 Å². The minimum atomic E-state index is 0.0638. The molecule has 1 saturated carbocycles. The summed E-state index contributed by atoms with van der Waals surface area (Å²) in [5.41, 5.74) is 5.11. The first-order valence-electron chi connectivity index (χ1n) is 9.19. The van der Waals surface area contributed by atoms with E-state index in [1.54, 1.807) is 6.20 Å². The molecule has 0 saturated heterocycles. The van der Waals surface area contributed by atoms with E-state index in [4.69, 9.17) is 0 Å². The van der Waals surface area contributed by atoms with Crippen molar-refractivity contribution in [2.24, 2.45) is 4.99 Å². The second-order valence-electron chi connectivity index (χ2n) is 7.81. The lowest BCUT2D eigenvalue weighted by Crippen LogP contribution is -2.38. The SMILES string of the molecule is C=N/C(NC1(C)CC1)=C(\C)C(C(=O)N1CCc2cnccc2C1)=C(C)C. The first kappa shape index (κ1) is 18.4. The fourth-order valence-corrected chi connectivity index (χ4v) is 3.42. The summed E-state index contributed by atoms with van der Waals surface area (Å²) in [6, 6.07) is 2.01. The number of carbonyl (C=O) groups is 1. The van der Waals surface area contributed by atoms with Crippen LogP contribution in [0.3, 0.4) is 0 Å². The van der Waals surface area contributed by atoms with Crippen LogP contribution in [-0.2, 0) is 17.8 Å². The van der Waals surface area contributed by atoms with Crippen LogP contribution in [0.4, 0.5) is 0 Å². The zero-order valence-corrected chi connectivity index (χ0v) is 16.2. The Bertz CT molecular complexity index is 798. The van der Waals surface area contributed by atoms with Crippen LogP contribution in [0.25, 0.3) is 0 Å². The molecule has 0 bridgehead atoms. The summed E-state index contributed by atoms with van der Waals surface area (Å²) >= 11 is 0. The van der Waals surface area contributed by atoms with Gasteiger partial charge in [0.05, 0.1) is 0 Å². The third kappa shape index (κ3) is 3.71.